The number of ether oxygens (including phenoxy) is 2. The van der Waals surface area contributed by atoms with Gasteiger partial charge in [0.25, 0.3) is 0 Å². The Morgan fingerprint density at radius 3 is 1.55 bits per heavy atom. The third-order valence-electron chi connectivity index (χ3n) is 5.95. The van der Waals surface area contributed by atoms with Crippen LogP contribution in [0, 0.1) is 11.3 Å². The van der Waals surface area contributed by atoms with E-state index in [1.807, 2.05) is 34.6 Å². The van der Waals surface area contributed by atoms with Crippen LogP contribution in [-0.2, 0) is 14.3 Å². The Kier molecular flexibility index (Phi) is 18.4. The van der Waals surface area contributed by atoms with Gasteiger partial charge in [0, 0.05) is 7.05 Å². The van der Waals surface area contributed by atoms with Crippen LogP contribution < -0.4 is 0 Å². The van der Waals surface area contributed by atoms with Gasteiger partial charge in [-0.15, -0.1) is 0 Å². The van der Waals surface area contributed by atoms with Crippen molar-refractivity contribution in [1.29, 1.82) is 0 Å². The standard InChI is InChI=1S/C28H55NO4/c1-8-9-10-11-12-13-14-15-16-17-18-19-20-21-22-32-26(30)25(24(2)3)29(7)27(31)33-23-28(4,5)6/h24-25H,8-23H2,1-7H3. The minimum atomic E-state index is -0.621. The third-order valence-corrected chi connectivity index (χ3v) is 5.95. The van der Waals surface area contributed by atoms with Crippen LogP contribution in [0.4, 0.5) is 4.79 Å². The minimum absolute atomic E-state index is 0.0407. The Hall–Kier alpha value is -1.26. The summed E-state index contributed by atoms with van der Waals surface area (Å²) in [6, 6.07) is -0.621. The van der Waals surface area contributed by atoms with E-state index in [1.165, 1.54) is 81.9 Å². The minimum Gasteiger partial charge on any atom is -0.464 e. The fourth-order valence-electron chi connectivity index (χ4n) is 3.93. The van der Waals surface area contributed by atoms with Gasteiger partial charge in [0.2, 0.25) is 0 Å². The van der Waals surface area contributed by atoms with Crippen LogP contribution in [0.3, 0.4) is 0 Å². The molecule has 196 valence electrons. The van der Waals surface area contributed by atoms with E-state index in [9.17, 15) is 9.59 Å². The summed E-state index contributed by atoms with van der Waals surface area (Å²) >= 11 is 0. The van der Waals surface area contributed by atoms with Gasteiger partial charge in [-0.2, -0.15) is 0 Å². The predicted octanol–water partition coefficient (Wildman–Crippen LogP) is 8.15. The van der Waals surface area contributed by atoms with E-state index in [4.69, 9.17) is 9.47 Å². The molecule has 0 aliphatic rings. The Morgan fingerprint density at radius 2 is 1.15 bits per heavy atom. The van der Waals surface area contributed by atoms with Crippen LogP contribution in [0.15, 0.2) is 0 Å². The molecule has 33 heavy (non-hydrogen) atoms. The van der Waals surface area contributed by atoms with Crippen molar-refractivity contribution in [2.75, 3.05) is 20.3 Å². The lowest BCUT2D eigenvalue weighted by Gasteiger charge is -2.29. The van der Waals surface area contributed by atoms with Crippen molar-refractivity contribution in [2.45, 2.75) is 137 Å². The fraction of sp³-hybridized carbons (Fsp3) is 0.929. The van der Waals surface area contributed by atoms with Crippen LogP contribution in [0.1, 0.15) is 131 Å². The van der Waals surface area contributed by atoms with E-state index >= 15 is 0 Å². The Balaban J connectivity index is 3.87. The fourth-order valence-corrected chi connectivity index (χ4v) is 3.93. The Bertz CT molecular complexity index is 499. The van der Waals surface area contributed by atoms with Gasteiger partial charge in [-0.05, 0) is 17.8 Å². The third kappa shape index (κ3) is 17.8. The highest BCUT2D eigenvalue weighted by Gasteiger charge is 2.32. The van der Waals surface area contributed by atoms with Crippen molar-refractivity contribution in [2.24, 2.45) is 11.3 Å². The summed E-state index contributed by atoms with van der Waals surface area (Å²) < 4.78 is 10.9. The quantitative estimate of drug-likeness (QED) is 0.141. The summed E-state index contributed by atoms with van der Waals surface area (Å²) in [4.78, 5) is 26.3. The molecule has 1 unspecified atom stereocenters. The monoisotopic (exact) mass is 469 g/mol. The summed E-state index contributed by atoms with van der Waals surface area (Å²) in [5, 5.41) is 0. The molecule has 0 radical (unpaired) electrons. The second kappa shape index (κ2) is 19.1. The SMILES string of the molecule is CCCCCCCCCCCCCCCCOC(=O)C(C(C)C)N(C)C(=O)OCC(C)(C)C. The molecule has 0 rings (SSSR count). The molecular weight excluding hydrogens is 414 g/mol. The molecule has 0 aliphatic heterocycles. The number of likely N-dealkylation sites (N-methyl/N-ethyl adjacent to an activating group) is 1. The van der Waals surface area contributed by atoms with Gasteiger partial charge in [-0.1, -0.05) is 125 Å². The van der Waals surface area contributed by atoms with E-state index in [2.05, 4.69) is 6.92 Å². The molecule has 0 heterocycles. The zero-order chi connectivity index (χ0) is 25.1. The highest BCUT2D eigenvalue weighted by Crippen LogP contribution is 2.17. The molecule has 0 spiro atoms. The predicted molar refractivity (Wildman–Crippen MR) is 138 cm³/mol. The maximum atomic E-state index is 12.6. The van der Waals surface area contributed by atoms with Crippen molar-refractivity contribution in [3.8, 4) is 0 Å². The van der Waals surface area contributed by atoms with Crippen LogP contribution in [0.2, 0.25) is 0 Å². The van der Waals surface area contributed by atoms with Gasteiger partial charge in [0.05, 0.1) is 13.2 Å². The van der Waals surface area contributed by atoms with Gasteiger partial charge >= 0.3 is 12.1 Å². The topological polar surface area (TPSA) is 55.8 Å². The maximum absolute atomic E-state index is 12.6. The van der Waals surface area contributed by atoms with Crippen molar-refractivity contribution < 1.29 is 19.1 Å². The largest absolute Gasteiger partial charge is 0.464 e. The maximum Gasteiger partial charge on any atom is 0.410 e. The summed E-state index contributed by atoms with van der Waals surface area (Å²) in [5.41, 5.74) is -0.113. The number of nitrogens with zero attached hydrogens (tertiary/aromatic N) is 1. The molecule has 0 bridgehead atoms. The molecule has 0 aromatic carbocycles. The lowest BCUT2D eigenvalue weighted by Crippen LogP contribution is -2.47. The van der Waals surface area contributed by atoms with Gasteiger partial charge in [0.1, 0.15) is 6.04 Å². The molecule has 0 saturated carbocycles. The van der Waals surface area contributed by atoms with E-state index in [0.717, 1.165) is 12.8 Å². The molecule has 0 aromatic heterocycles. The van der Waals surface area contributed by atoms with Gasteiger partial charge in [-0.3, -0.25) is 4.90 Å². The first-order chi connectivity index (χ1) is 15.6. The molecule has 0 N–H and O–H groups in total. The number of esters is 1. The highest BCUT2D eigenvalue weighted by molar-refractivity contribution is 5.81. The summed E-state index contributed by atoms with van der Waals surface area (Å²) in [6.45, 7) is 12.9. The molecule has 1 amide bonds. The Morgan fingerprint density at radius 1 is 0.727 bits per heavy atom. The smallest absolute Gasteiger partial charge is 0.410 e. The van der Waals surface area contributed by atoms with Gasteiger partial charge in [-0.25, -0.2) is 9.59 Å². The van der Waals surface area contributed by atoms with Gasteiger partial charge in [0.15, 0.2) is 0 Å². The zero-order valence-electron chi connectivity index (χ0n) is 23.0. The summed E-state index contributed by atoms with van der Waals surface area (Å²) in [7, 11) is 1.61. The average Bonchev–Trinajstić information content (AvgIpc) is 2.74. The molecule has 0 aromatic rings. The molecule has 0 saturated heterocycles. The van der Waals surface area contributed by atoms with E-state index in [0.29, 0.717) is 13.2 Å². The van der Waals surface area contributed by atoms with Crippen molar-refractivity contribution in [1.82, 2.24) is 4.90 Å². The number of unbranched alkanes of at least 4 members (excludes halogenated alkanes) is 13. The van der Waals surface area contributed by atoms with Crippen molar-refractivity contribution in [3.63, 3.8) is 0 Å². The first-order valence-corrected chi connectivity index (χ1v) is 13.7. The average molecular weight is 470 g/mol. The second-order valence-electron chi connectivity index (χ2n) is 11.2. The first-order valence-electron chi connectivity index (χ1n) is 13.7. The number of carbonyl (C=O) groups excluding carboxylic acids is 2. The summed E-state index contributed by atoms with van der Waals surface area (Å²) in [5.74, 6) is -0.379. The van der Waals surface area contributed by atoms with Gasteiger partial charge < -0.3 is 9.47 Å². The molecule has 0 fully saturated rings. The van der Waals surface area contributed by atoms with Crippen molar-refractivity contribution in [3.05, 3.63) is 0 Å². The van der Waals surface area contributed by atoms with Crippen LogP contribution in [0.25, 0.3) is 0 Å². The van der Waals surface area contributed by atoms with Crippen LogP contribution in [0.5, 0.6) is 0 Å². The second-order valence-corrected chi connectivity index (χ2v) is 11.2. The first kappa shape index (κ1) is 31.7. The van der Waals surface area contributed by atoms with Crippen molar-refractivity contribution >= 4 is 12.1 Å². The normalized spacial score (nSPS) is 12.6. The molecule has 0 aliphatic carbocycles. The number of hydrogen-bond donors (Lipinski definition) is 0. The lowest BCUT2D eigenvalue weighted by molar-refractivity contribution is -0.150. The van der Waals surface area contributed by atoms with Crippen LogP contribution in [-0.4, -0.2) is 43.3 Å². The molecular formula is C28H55NO4. The van der Waals surface area contributed by atoms with E-state index in [-0.39, 0.29) is 17.3 Å². The Labute approximate surface area is 205 Å². The lowest BCUT2D eigenvalue weighted by atomic mass is 9.99. The van der Waals surface area contributed by atoms with E-state index < -0.39 is 12.1 Å². The summed E-state index contributed by atoms with van der Waals surface area (Å²) in [6.07, 6.45) is 17.7. The molecule has 5 nitrogen and oxygen atoms in total. The highest BCUT2D eigenvalue weighted by atomic mass is 16.6. The number of carbonyl (C=O) groups is 2. The number of hydrogen-bond acceptors (Lipinski definition) is 4. The number of amides is 1. The zero-order valence-corrected chi connectivity index (χ0v) is 23.0. The number of rotatable bonds is 19. The molecule has 5 heteroatoms. The molecule has 1 atom stereocenters. The van der Waals surface area contributed by atoms with Crippen LogP contribution >= 0.6 is 0 Å². The van der Waals surface area contributed by atoms with E-state index in [1.54, 1.807) is 7.05 Å².